The Morgan fingerprint density at radius 1 is 0.614 bits per heavy atom. The summed E-state index contributed by atoms with van der Waals surface area (Å²) < 4.78 is 0. The second kappa shape index (κ2) is 15.6. The second-order valence-corrected chi connectivity index (χ2v) is 17.6. The van der Waals surface area contributed by atoms with Gasteiger partial charge in [0.05, 0.1) is 28.8 Å². The Hall–Kier alpha value is -5.90. The smallest absolute Gasteiger partial charge is 0.0991 e. The lowest BCUT2D eigenvalue weighted by molar-refractivity contribution is 0.428. The van der Waals surface area contributed by atoms with Crippen LogP contribution in [0.25, 0.3) is 11.1 Å². The predicted octanol–water partition coefficient (Wildman–Crippen LogP) is 13.9. The third kappa shape index (κ3) is 7.65. The van der Waals surface area contributed by atoms with Gasteiger partial charge in [0.1, 0.15) is 0 Å². The van der Waals surface area contributed by atoms with Gasteiger partial charge in [-0.25, -0.2) is 0 Å². The molecule has 0 heterocycles. The molecule has 3 heteroatoms. The molecule has 0 saturated carbocycles. The van der Waals surface area contributed by atoms with Crippen molar-refractivity contribution in [3.8, 4) is 23.3 Å². The van der Waals surface area contributed by atoms with Crippen LogP contribution in [0.3, 0.4) is 0 Å². The molecule has 0 N–H and O–H groups in total. The zero-order valence-electron chi connectivity index (χ0n) is 34.9. The first-order chi connectivity index (χ1) is 27.3. The van der Waals surface area contributed by atoms with E-state index in [1.807, 2.05) is 24.3 Å². The minimum Gasteiger partial charge on any atom is -0.331 e. The number of hydrogen-bond donors (Lipinski definition) is 0. The van der Waals surface area contributed by atoms with Crippen LogP contribution in [0.5, 0.6) is 0 Å². The van der Waals surface area contributed by atoms with Gasteiger partial charge in [-0.05, 0) is 151 Å². The van der Waals surface area contributed by atoms with Crippen LogP contribution in [0, 0.1) is 36.5 Å². The number of nitrogens with zero attached hydrogens (tertiary/aromatic N) is 3. The first-order valence-electron chi connectivity index (χ1n) is 20.5. The summed E-state index contributed by atoms with van der Waals surface area (Å²) in [4.78, 5) is 2.45. The number of fused-ring (bicyclic) bond motifs is 3. The lowest BCUT2D eigenvalue weighted by Gasteiger charge is -2.44. The largest absolute Gasteiger partial charge is 0.331 e. The van der Waals surface area contributed by atoms with Gasteiger partial charge < -0.3 is 4.90 Å². The SMILES string of the molecule is CCC(C)(c1ccc2c(c1)C(C)(C)c1cc(C(C)(C)CCC(Cc3ccc(C)cc3)c3ccc(C#N)cc3)ccc1-2)N(c1ccc(C)cc1)c1ccc(C#N)cc1. The monoisotopic (exact) mass is 745 g/mol. The third-order valence-corrected chi connectivity index (χ3v) is 13.0. The van der Waals surface area contributed by atoms with Gasteiger partial charge in [-0.1, -0.05) is 131 Å². The summed E-state index contributed by atoms with van der Waals surface area (Å²) in [6, 6.07) is 53.0. The number of aryl methyl sites for hydroxylation is 2. The van der Waals surface area contributed by atoms with E-state index in [1.54, 1.807) is 0 Å². The van der Waals surface area contributed by atoms with Crippen molar-refractivity contribution in [2.24, 2.45) is 0 Å². The van der Waals surface area contributed by atoms with Crippen LogP contribution in [0.1, 0.15) is 122 Å². The summed E-state index contributed by atoms with van der Waals surface area (Å²) in [5, 5.41) is 19.0. The molecule has 0 bridgehead atoms. The van der Waals surface area contributed by atoms with E-state index in [9.17, 15) is 10.5 Å². The van der Waals surface area contributed by atoms with Gasteiger partial charge in [0.25, 0.3) is 0 Å². The lowest BCUT2D eigenvalue weighted by Crippen LogP contribution is -2.40. The lowest BCUT2D eigenvalue weighted by atomic mass is 9.74. The van der Waals surface area contributed by atoms with E-state index in [1.165, 1.54) is 55.6 Å². The molecule has 286 valence electrons. The van der Waals surface area contributed by atoms with E-state index in [0.717, 1.165) is 37.1 Å². The highest BCUT2D eigenvalue weighted by atomic mass is 15.2. The minimum absolute atomic E-state index is 0.0421. The van der Waals surface area contributed by atoms with E-state index < -0.39 is 0 Å². The molecule has 2 unspecified atom stereocenters. The Kier molecular flexibility index (Phi) is 10.7. The molecule has 6 aromatic rings. The quantitative estimate of drug-likeness (QED) is 0.125. The summed E-state index contributed by atoms with van der Waals surface area (Å²) in [5.41, 5.74) is 16.2. The van der Waals surface area contributed by atoms with Crippen LogP contribution in [0.2, 0.25) is 0 Å². The zero-order valence-corrected chi connectivity index (χ0v) is 34.9. The van der Waals surface area contributed by atoms with E-state index in [4.69, 9.17) is 0 Å². The summed E-state index contributed by atoms with van der Waals surface area (Å²) >= 11 is 0. The number of nitriles is 2. The molecule has 2 atom stereocenters. The molecule has 0 aliphatic heterocycles. The summed E-state index contributed by atoms with van der Waals surface area (Å²) in [6.07, 6.45) is 3.95. The highest BCUT2D eigenvalue weighted by molar-refractivity contribution is 5.82. The third-order valence-electron chi connectivity index (χ3n) is 13.0. The fraction of sp³-hybridized carbons (Fsp3) is 0.296. The highest BCUT2D eigenvalue weighted by Gasteiger charge is 2.40. The van der Waals surface area contributed by atoms with Crippen LogP contribution >= 0.6 is 0 Å². The van der Waals surface area contributed by atoms with Crippen molar-refractivity contribution in [1.82, 2.24) is 0 Å². The predicted molar refractivity (Wildman–Crippen MR) is 237 cm³/mol. The topological polar surface area (TPSA) is 50.8 Å². The van der Waals surface area contributed by atoms with Crippen LogP contribution in [-0.2, 0) is 22.8 Å². The molecule has 0 radical (unpaired) electrons. The fourth-order valence-electron chi connectivity index (χ4n) is 8.99. The highest BCUT2D eigenvalue weighted by Crippen LogP contribution is 2.52. The summed E-state index contributed by atoms with van der Waals surface area (Å²) in [6.45, 7) is 18.5. The van der Waals surface area contributed by atoms with Crippen molar-refractivity contribution in [2.75, 3.05) is 4.90 Å². The Morgan fingerprint density at radius 2 is 1.09 bits per heavy atom. The maximum atomic E-state index is 9.56. The number of benzene rings is 6. The number of rotatable bonds is 12. The van der Waals surface area contributed by atoms with E-state index >= 15 is 0 Å². The molecule has 1 aliphatic carbocycles. The normalized spacial score (nSPS) is 14.4. The van der Waals surface area contributed by atoms with E-state index in [2.05, 4.69) is 182 Å². The Labute approximate surface area is 341 Å². The van der Waals surface area contributed by atoms with Gasteiger partial charge in [-0.15, -0.1) is 0 Å². The Bertz CT molecular complexity index is 2460. The van der Waals surface area contributed by atoms with Crippen molar-refractivity contribution >= 4 is 11.4 Å². The van der Waals surface area contributed by atoms with Gasteiger partial charge in [0.2, 0.25) is 0 Å². The maximum Gasteiger partial charge on any atom is 0.0991 e. The van der Waals surface area contributed by atoms with Crippen molar-refractivity contribution in [3.63, 3.8) is 0 Å². The standard InChI is InChI=1S/C54H55N3/c1-9-54(8,57(46-24-12-38(3)13-25-46)47-26-18-41(36-56)19-27-47)45-23-29-49-48-28-22-44(33-50(48)53(6,7)51(49)34-45)52(4,5)31-30-43(32-39-14-10-37(2)11-15-39)42-20-16-40(35-55)17-21-42/h10-29,33-34,43H,9,30-32H2,1-8H3. The van der Waals surface area contributed by atoms with Gasteiger partial charge in [0.15, 0.2) is 0 Å². The van der Waals surface area contributed by atoms with Crippen LogP contribution in [0.15, 0.2) is 133 Å². The number of hydrogen-bond acceptors (Lipinski definition) is 3. The maximum absolute atomic E-state index is 9.56. The molecule has 1 aliphatic rings. The van der Waals surface area contributed by atoms with Gasteiger partial charge in [-0.3, -0.25) is 0 Å². The number of anilines is 2. The van der Waals surface area contributed by atoms with Crippen molar-refractivity contribution in [1.29, 1.82) is 10.5 Å². The summed E-state index contributed by atoms with van der Waals surface area (Å²) in [5.74, 6) is 0.352. The molecule has 7 rings (SSSR count). The zero-order chi connectivity index (χ0) is 40.5. The molecule has 6 aromatic carbocycles. The Balaban J connectivity index is 1.20. The van der Waals surface area contributed by atoms with Gasteiger partial charge >= 0.3 is 0 Å². The van der Waals surface area contributed by atoms with Crippen molar-refractivity contribution < 1.29 is 0 Å². The van der Waals surface area contributed by atoms with Gasteiger partial charge in [0, 0.05) is 16.8 Å². The van der Waals surface area contributed by atoms with Gasteiger partial charge in [-0.2, -0.15) is 10.5 Å². The van der Waals surface area contributed by atoms with Crippen LogP contribution < -0.4 is 4.90 Å². The van der Waals surface area contributed by atoms with E-state index in [0.29, 0.717) is 17.0 Å². The summed E-state index contributed by atoms with van der Waals surface area (Å²) in [7, 11) is 0. The van der Waals surface area contributed by atoms with E-state index in [-0.39, 0.29) is 16.4 Å². The minimum atomic E-state index is -0.361. The molecule has 0 fully saturated rings. The fourth-order valence-corrected chi connectivity index (χ4v) is 8.99. The molecule has 57 heavy (non-hydrogen) atoms. The molecule has 0 amide bonds. The molecule has 3 nitrogen and oxygen atoms in total. The Morgan fingerprint density at radius 3 is 1.61 bits per heavy atom. The van der Waals surface area contributed by atoms with Crippen molar-refractivity contribution in [3.05, 3.63) is 189 Å². The molecule has 0 aromatic heterocycles. The molecular formula is C54H55N3. The van der Waals surface area contributed by atoms with Crippen LogP contribution in [-0.4, -0.2) is 0 Å². The molecular weight excluding hydrogens is 691 g/mol. The first-order valence-corrected chi connectivity index (χ1v) is 20.5. The molecule has 0 saturated heterocycles. The average molecular weight is 746 g/mol. The second-order valence-electron chi connectivity index (χ2n) is 17.6. The van der Waals surface area contributed by atoms with Crippen LogP contribution in [0.4, 0.5) is 11.4 Å². The first kappa shape index (κ1) is 39.3. The van der Waals surface area contributed by atoms with Crippen molar-refractivity contribution in [2.45, 2.75) is 103 Å². The average Bonchev–Trinajstić information content (AvgIpc) is 3.46. The molecule has 0 spiro atoms.